The first-order valence-electron chi connectivity index (χ1n) is 12.1. The van der Waals surface area contributed by atoms with Crippen molar-refractivity contribution in [3.8, 4) is 0 Å². The molecule has 35 heavy (non-hydrogen) atoms. The summed E-state index contributed by atoms with van der Waals surface area (Å²) in [4.78, 5) is 31.8. The number of halogens is 2. The first-order chi connectivity index (χ1) is 16.8. The molecule has 0 aliphatic carbocycles. The number of nitrogens with one attached hydrogen (secondary N) is 1. The van der Waals surface area contributed by atoms with E-state index in [9.17, 15) is 9.18 Å². The number of piperazine rings is 1. The van der Waals surface area contributed by atoms with Crippen molar-refractivity contribution < 1.29 is 9.18 Å². The van der Waals surface area contributed by atoms with Crippen LogP contribution in [0.5, 0.6) is 0 Å². The van der Waals surface area contributed by atoms with Crippen molar-refractivity contribution in [1.29, 1.82) is 0 Å². The summed E-state index contributed by atoms with van der Waals surface area (Å²) in [6.07, 6.45) is 1.02. The van der Waals surface area contributed by atoms with Gasteiger partial charge >= 0.3 is 6.03 Å². The largest absolute Gasteiger partial charge is 0.352 e. The fourth-order valence-corrected chi connectivity index (χ4v) is 6.14. The molecule has 2 aliphatic heterocycles. The summed E-state index contributed by atoms with van der Waals surface area (Å²) < 4.78 is 13.4. The van der Waals surface area contributed by atoms with Gasteiger partial charge in [-0.2, -0.15) is 0 Å². The van der Waals surface area contributed by atoms with E-state index >= 15 is 0 Å². The van der Waals surface area contributed by atoms with Crippen molar-refractivity contribution >= 4 is 50.7 Å². The van der Waals surface area contributed by atoms with Crippen LogP contribution in [0.4, 0.5) is 20.7 Å². The van der Waals surface area contributed by atoms with Gasteiger partial charge in [0, 0.05) is 55.8 Å². The molecule has 2 aromatic heterocycles. The molecular weight excluding hydrogens is 487 g/mol. The maximum Gasteiger partial charge on any atom is 0.321 e. The number of hydrogen-bond acceptors (Lipinski definition) is 6. The summed E-state index contributed by atoms with van der Waals surface area (Å²) in [7, 11) is 0. The highest BCUT2D eigenvalue weighted by Gasteiger charge is 2.29. The molecule has 1 saturated heterocycles. The Labute approximate surface area is 213 Å². The molecule has 1 N–H and O–H groups in total. The molecule has 0 bridgehead atoms. The number of amides is 2. The highest BCUT2D eigenvalue weighted by atomic mass is 35.5. The first kappa shape index (κ1) is 24.2. The van der Waals surface area contributed by atoms with Crippen molar-refractivity contribution in [2.75, 3.05) is 49.5 Å². The molecule has 7 nitrogen and oxygen atoms in total. The highest BCUT2D eigenvalue weighted by molar-refractivity contribution is 7.19. The molecule has 186 valence electrons. The molecule has 0 saturated carbocycles. The summed E-state index contributed by atoms with van der Waals surface area (Å²) in [5, 5.41) is 4.01. The summed E-state index contributed by atoms with van der Waals surface area (Å²) in [5.41, 5.74) is 1.88. The van der Waals surface area contributed by atoms with E-state index in [4.69, 9.17) is 21.6 Å². The number of urea groups is 1. The van der Waals surface area contributed by atoms with Crippen LogP contribution in [0.25, 0.3) is 10.2 Å². The number of hydrogen-bond donors (Lipinski definition) is 1. The van der Waals surface area contributed by atoms with Crippen molar-refractivity contribution in [1.82, 2.24) is 19.8 Å². The second kappa shape index (κ2) is 9.87. The van der Waals surface area contributed by atoms with E-state index in [-0.39, 0.29) is 17.0 Å². The Hall–Kier alpha value is -2.49. The number of thiophene rings is 1. The Kier molecular flexibility index (Phi) is 6.83. The fourth-order valence-electron chi connectivity index (χ4n) is 4.70. The lowest BCUT2D eigenvalue weighted by atomic mass is 10.0. The molecule has 5 rings (SSSR count). The standard InChI is InChI=1S/C25H30ClFN6OS/c1-4-31-8-7-17-20(14-31)35-24-21(17)23(29-22(30-24)15(2)3)32-9-11-33(12-10-32)25(34)28-16-5-6-19(27)18(26)13-16/h5-6,13,15H,4,7-12,14H2,1-3H3,(H,28,34). The van der Waals surface area contributed by atoms with Gasteiger partial charge in [-0.15, -0.1) is 11.3 Å². The number of nitrogens with zero attached hydrogens (tertiary/aromatic N) is 5. The molecular formula is C25H30ClFN6OS. The normalized spacial score (nSPS) is 16.7. The minimum Gasteiger partial charge on any atom is -0.352 e. The molecule has 10 heteroatoms. The smallest absolute Gasteiger partial charge is 0.321 e. The van der Waals surface area contributed by atoms with Gasteiger partial charge in [0.2, 0.25) is 0 Å². The number of rotatable bonds is 4. The Morgan fingerprint density at radius 2 is 1.97 bits per heavy atom. The molecule has 3 aromatic rings. The van der Waals surface area contributed by atoms with Crippen molar-refractivity contribution in [2.45, 2.75) is 39.7 Å². The minimum absolute atomic E-state index is 0.0116. The van der Waals surface area contributed by atoms with Crippen molar-refractivity contribution in [3.63, 3.8) is 0 Å². The molecule has 4 heterocycles. The molecule has 2 amide bonds. The zero-order chi connectivity index (χ0) is 24.7. The topological polar surface area (TPSA) is 64.6 Å². The minimum atomic E-state index is -0.506. The van der Waals surface area contributed by atoms with Crippen LogP contribution in [0, 0.1) is 5.82 Å². The van der Waals surface area contributed by atoms with Crippen molar-refractivity contribution in [2.24, 2.45) is 0 Å². The van der Waals surface area contributed by atoms with Gasteiger partial charge in [0.25, 0.3) is 0 Å². The molecule has 0 atom stereocenters. The van der Waals surface area contributed by atoms with E-state index in [1.807, 2.05) is 0 Å². The number of benzene rings is 1. The van der Waals surface area contributed by atoms with Crippen LogP contribution in [0.2, 0.25) is 5.02 Å². The van der Waals surface area contributed by atoms with Crippen LogP contribution < -0.4 is 10.2 Å². The van der Waals surface area contributed by atoms with Gasteiger partial charge in [0.15, 0.2) is 0 Å². The van der Waals surface area contributed by atoms with E-state index in [1.165, 1.54) is 34.0 Å². The third kappa shape index (κ3) is 4.81. The van der Waals surface area contributed by atoms with Gasteiger partial charge in [-0.05, 0) is 36.7 Å². The van der Waals surface area contributed by atoms with Crippen LogP contribution in [-0.2, 0) is 13.0 Å². The van der Waals surface area contributed by atoms with Crippen molar-refractivity contribution in [3.05, 3.63) is 45.3 Å². The first-order valence-corrected chi connectivity index (χ1v) is 13.3. The lowest BCUT2D eigenvalue weighted by molar-refractivity contribution is 0.208. The van der Waals surface area contributed by atoms with Crippen LogP contribution in [0.3, 0.4) is 0 Å². The second-order valence-corrected chi connectivity index (χ2v) is 10.9. The molecule has 0 unspecified atom stereocenters. The number of aromatic nitrogens is 2. The molecule has 1 aromatic carbocycles. The monoisotopic (exact) mass is 516 g/mol. The quantitative estimate of drug-likeness (QED) is 0.507. The van der Waals surface area contributed by atoms with Crippen LogP contribution in [0.1, 0.15) is 43.0 Å². The average molecular weight is 517 g/mol. The average Bonchev–Trinajstić information content (AvgIpc) is 3.23. The van der Waals surface area contributed by atoms with Gasteiger partial charge in [-0.1, -0.05) is 32.4 Å². The second-order valence-electron chi connectivity index (χ2n) is 9.40. The van der Waals surface area contributed by atoms with E-state index in [2.05, 4.69) is 35.9 Å². The van der Waals surface area contributed by atoms with Gasteiger partial charge in [0.1, 0.15) is 22.3 Å². The number of carbonyl (C=O) groups excluding carboxylic acids is 1. The highest BCUT2D eigenvalue weighted by Crippen LogP contribution is 2.39. The number of fused-ring (bicyclic) bond motifs is 3. The Balaban J connectivity index is 1.36. The summed E-state index contributed by atoms with van der Waals surface area (Å²) in [5.74, 6) is 1.60. The van der Waals surface area contributed by atoms with E-state index < -0.39 is 5.82 Å². The molecule has 2 aliphatic rings. The summed E-state index contributed by atoms with van der Waals surface area (Å²) >= 11 is 7.66. The summed E-state index contributed by atoms with van der Waals surface area (Å²) in [6.45, 7) is 12.1. The Morgan fingerprint density at radius 3 is 2.66 bits per heavy atom. The molecule has 0 spiro atoms. The van der Waals surface area contributed by atoms with Crippen LogP contribution in [0.15, 0.2) is 18.2 Å². The van der Waals surface area contributed by atoms with E-state index in [0.29, 0.717) is 31.9 Å². The zero-order valence-corrected chi connectivity index (χ0v) is 21.8. The molecule has 1 fully saturated rings. The van der Waals surface area contributed by atoms with Gasteiger partial charge < -0.3 is 15.1 Å². The van der Waals surface area contributed by atoms with Crippen LogP contribution in [-0.4, -0.2) is 65.1 Å². The number of carbonyl (C=O) groups is 1. The Bertz CT molecular complexity index is 1260. The third-order valence-corrected chi connectivity index (χ3v) is 8.18. The third-order valence-electron chi connectivity index (χ3n) is 6.78. The lowest BCUT2D eigenvalue weighted by Gasteiger charge is -2.36. The number of likely N-dealkylation sites (N-methyl/N-ethyl adjacent to an activating group) is 1. The van der Waals surface area contributed by atoms with E-state index in [0.717, 1.165) is 42.5 Å². The lowest BCUT2D eigenvalue weighted by Crippen LogP contribution is -2.50. The maximum absolute atomic E-state index is 13.4. The summed E-state index contributed by atoms with van der Waals surface area (Å²) in [6, 6.07) is 3.98. The molecule has 0 radical (unpaired) electrons. The van der Waals surface area contributed by atoms with Crippen LogP contribution >= 0.6 is 22.9 Å². The van der Waals surface area contributed by atoms with E-state index in [1.54, 1.807) is 16.2 Å². The number of anilines is 2. The maximum atomic E-state index is 13.4. The Morgan fingerprint density at radius 1 is 1.20 bits per heavy atom. The fraction of sp³-hybridized carbons (Fsp3) is 0.480. The SMILES string of the molecule is CCN1CCc2c(sc3nc(C(C)C)nc(N4CCN(C(=O)Nc5ccc(F)c(Cl)c5)CC4)c23)C1. The van der Waals surface area contributed by atoms with Gasteiger partial charge in [-0.3, -0.25) is 4.90 Å². The zero-order valence-electron chi connectivity index (χ0n) is 20.3. The predicted molar refractivity (Wildman–Crippen MR) is 140 cm³/mol. The van der Waals surface area contributed by atoms with Gasteiger partial charge in [0.05, 0.1) is 10.4 Å². The predicted octanol–water partition coefficient (Wildman–Crippen LogP) is 5.34. The van der Waals surface area contributed by atoms with Gasteiger partial charge in [-0.25, -0.2) is 19.2 Å².